The third kappa shape index (κ3) is 21.1. The van der Waals surface area contributed by atoms with Crippen molar-refractivity contribution >= 4 is 11.9 Å². The Labute approximate surface area is 224 Å². The quantitative estimate of drug-likeness (QED) is 0.108. The minimum atomic E-state index is -0.682. The number of aliphatic carboxylic acids is 2. The maximum atomic E-state index is 12.5. The lowest BCUT2D eigenvalue weighted by Gasteiger charge is -2.30. The van der Waals surface area contributed by atoms with Crippen molar-refractivity contribution in [1.82, 2.24) is 0 Å². The summed E-state index contributed by atoms with van der Waals surface area (Å²) in [5, 5.41) is 19.0. The zero-order valence-electron chi connectivity index (χ0n) is 24.6. The van der Waals surface area contributed by atoms with Gasteiger partial charge in [-0.2, -0.15) is 0 Å². The summed E-state index contributed by atoms with van der Waals surface area (Å²) in [4.78, 5) is 23.0. The summed E-state index contributed by atoms with van der Waals surface area (Å²) in [6.45, 7) is 9.07. The van der Waals surface area contributed by atoms with E-state index in [0.29, 0.717) is 6.42 Å². The highest BCUT2D eigenvalue weighted by molar-refractivity contribution is 5.74. The molecule has 0 heterocycles. The summed E-state index contributed by atoms with van der Waals surface area (Å²) in [6.07, 6.45) is 25.0. The number of unbranched alkanes of at least 4 members (excludes halogenated alkanes) is 14. The highest BCUT2D eigenvalue weighted by Crippen LogP contribution is 2.38. The van der Waals surface area contributed by atoms with E-state index in [9.17, 15) is 14.7 Å². The fourth-order valence-corrected chi connectivity index (χ4v) is 5.41. The van der Waals surface area contributed by atoms with Crippen LogP contribution in [-0.4, -0.2) is 22.2 Å². The summed E-state index contributed by atoms with van der Waals surface area (Å²) >= 11 is 0. The summed E-state index contributed by atoms with van der Waals surface area (Å²) in [5.41, 5.74) is -0.504. The van der Waals surface area contributed by atoms with Crippen molar-refractivity contribution < 1.29 is 19.8 Å². The van der Waals surface area contributed by atoms with Crippen molar-refractivity contribution in [2.24, 2.45) is 17.3 Å². The van der Waals surface area contributed by atoms with Crippen LogP contribution in [0.4, 0.5) is 0 Å². The fourth-order valence-electron chi connectivity index (χ4n) is 5.41. The average Bonchev–Trinajstić information content (AvgIpc) is 2.80. The van der Waals surface area contributed by atoms with Crippen LogP contribution >= 0.6 is 0 Å². The van der Waals surface area contributed by atoms with Gasteiger partial charge in [-0.1, -0.05) is 143 Å². The van der Waals surface area contributed by atoms with Gasteiger partial charge in [0.1, 0.15) is 0 Å². The minimum absolute atomic E-state index is 0.305. The Morgan fingerprint density at radius 3 is 1.11 bits per heavy atom. The highest BCUT2D eigenvalue weighted by atomic mass is 16.4. The van der Waals surface area contributed by atoms with Gasteiger partial charge in [0.15, 0.2) is 0 Å². The van der Waals surface area contributed by atoms with Gasteiger partial charge < -0.3 is 10.2 Å². The van der Waals surface area contributed by atoms with Gasteiger partial charge >= 0.3 is 11.9 Å². The molecule has 0 aromatic heterocycles. The number of carbonyl (C=O) groups is 2. The van der Waals surface area contributed by atoms with Gasteiger partial charge in [0, 0.05) is 6.42 Å². The van der Waals surface area contributed by atoms with Crippen LogP contribution in [0.1, 0.15) is 175 Å². The molecular formula is C32H62O4. The van der Waals surface area contributed by atoms with Gasteiger partial charge in [0.05, 0.1) is 5.41 Å². The minimum Gasteiger partial charge on any atom is -0.481 e. The number of carboxylic acid groups (broad SMARTS) is 2. The van der Waals surface area contributed by atoms with Gasteiger partial charge in [-0.05, 0) is 37.5 Å². The molecule has 214 valence electrons. The van der Waals surface area contributed by atoms with E-state index in [4.69, 9.17) is 5.11 Å². The first-order chi connectivity index (χ1) is 17.2. The van der Waals surface area contributed by atoms with E-state index in [-0.39, 0.29) is 0 Å². The molecule has 0 aromatic rings. The second-order valence-corrected chi connectivity index (χ2v) is 12.4. The van der Waals surface area contributed by atoms with Gasteiger partial charge in [0.2, 0.25) is 0 Å². The Kier molecular flexibility index (Phi) is 22.4. The number of hydrogen-bond donors (Lipinski definition) is 2. The fraction of sp³-hybridized carbons (Fsp3) is 0.938. The van der Waals surface area contributed by atoms with Crippen LogP contribution < -0.4 is 0 Å². The molecule has 0 aromatic carbocycles. The molecule has 0 amide bonds. The van der Waals surface area contributed by atoms with Crippen LogP contribution in [0.15, 0.2) is 0 Å². The SMILES string of the molecule is CC(C)CCCCCC(CCCCCCCCCCCCCC(=O)O)(CCCCCC(C)C)C(=O)O. The molecule has 0 bridgehead atoms. The molecule has 4 heteroatoms. The molecule has 0 aliphatic carbocycles. The van der Waals surface area contributed by atoms with Crippen molar-refractivity contribution in [2.75, 3.05) is 0 Å². The van der Waals surface area contributed by atoms with Crippen molar-refractivity contribution in [1.29, 1.82) is 0 Å². The number of hydrogen-bond acceptors (Lipinski definition) is 2. The first-order valence-corrected chi connectivity index (χ1v) is 15.6. The van der Waals surface area contributed by atoms with Gasteiger partial charge in [0.25, 0.3) is 0 Å². The van der Waals surface area contributed by atoms with Gasteiger partial charge in [-0.25, -0.2) is 0 Å². The van der Waals surface area contributed by atoms with Crippen LogP contribution in [0, 0.1) is 17.3 Å². The summed E-state index contributed by atoms with van der Waals surface area (Å²) < 4.78 is 0. The van der Waals surface area contributed by atoms with E-state index in [0.717, 1.165) is 76.0 Å². The summed E-state index contributed by atoms with van der Waals surface area (Å²) in [7, 11) is 0. The molecule has 0 rings (SSSR count). The van der Waals surface area contributed by atoms with Crippen LogP contribution in [0.25, 0.3) is 0 Å². The molecule has 0 atom stereocenters. The standard InChI is InChI=1S/C32H62O4/c1-28(2)22-16-14-20-26-32(31(35)36,27-21-15-17-23-29(3)4)25-19-13-11-9-7-5-6-8-10-12-18-24-30(33)34/h28-29H,5-27H2,1-4H3,(H,33,34)(H,35,36). The number of carboxylic acids is 2. The van der Waals surface area contributed by atoms with E-state index < -0.39 is 17.4 Å². The van der Waals surface area contributed by atoms with Crippen LogP contribution in [-0.2, 0) is 9.59 Å². The van der Waals surface area contributed by atoms with Crippen molar-refractivity contribution in [3.63, 3.8) is 0 Å². The molecular weight excluding hydrogens is 448 g/mol. The molecule has 0 saturated carbocycles. The van der Waals surface area contributed by atoms with Crippen LogP contribution in [0.3, 0.4) is 0 Å². The van der Waals surface area contributed by atoms with E-state index in [1.165, 1.54) is 77.0 Å². The Morgan fingerprint density at radius 2 is 0.806 bits per heavy atom. The average molecular weight is 511 g/mol. The van der Waals surface area contributed by atoms with Crippen LogP contribution in [0.5, 0.6) is 0 Å². The molecule has 0 fully saturated rings. The monoisotopic (exact) mass is 510 g/mol. The van der Waals surface area contributed by atoms with E-state index >= 15 is 0 Å². The first kappa shape index (κ1) is 34.9. The maximum absolute atomic E-state index is 12.5. The molecule has 4 nitrogen and oxygen atoms in total. The first-order valence-electron chi connectivity index (χ1n) is 15.6. The molecule has 0 aliphatic heterocycles. The zero-order chi connectivity index (χ0) is 27.1. The predicted molar refractivity (Wildman–Crippen MR) is 154 cm³/mol. The normalized spacial score (nSPS) is 12.1. The molecule has 2 N–H and O–H groups in total. The Balaban J connectivity index is 4.26. The second-order valence-electron chi connectivity index (χ2n) is 12.4. The lowest BCUT2D eigenvalue weighted by molar-refractivity contribution is -0.151. The lowest BCUT2D eigenvalue weighted by Crippen LogP contribution is -2.31. The van der Waals surface area contributed by atoms with Crippen molar-refractivity contribution in [3.05, 3.63) is 0 Å². The lowest BCUT2D eigenvalue weighted by atomic mass is 9.74. The van der Waals surface area contributed by atoms with Gasteiger partial charge in [-0.3, -0.25) is 9.59 Å². The highest BCUT2D eigenvalue weighted by Gasteiger charge is 2.36. The van der Waals surface area contributed by atoms with Crippen LogP contribution in [0.2, 0.25) is 0 Å². The summed E-state index contributed by atoms with van der Waals surface area (Å²) in [5.74, 6) is 0.246. The maximum Gasteiger partial charge on any atom is 0.309 e. The molecule has 36 heavy (non-hydrogen) atoms. The topological polar surface area (TPSA) is 74.6 Å². The zero-order valence-corrected chi connectivity index (χ0v) is 24.6. The third-order valence-corrected chi connectivity index (χ3v) is 7.87. The third-order valence-electron chi connectivity index (χ3n) is 7.87. The predicted octanol–water partition coefficient (Wildman–Crippen LogP) is 10.4. The van der Waals surface area contributed by atoms with Crippen molar-refractivity contribution in [2.45, 2.75) is 175 Å². The Morgan fingerprint density at radius 1 is 0.500 bits per heavy atom. The Bertz CT molecular complexity index is 508. The molecule has 0 unspecified atom stereocenters. The van der Waals surface area contributed by atoms with E-state index in [1.54, 1.807) is 0 Å². The second kappa shape index (κ2) is 23.1. The van der Waals surface area contributed by atoms with E-state index in [2.05, 4.69) is 27.7 Å². The molecule has 0 radical (unpaired) electrons. The molecule has 0 aliphatic rings. The Hall–Kier alpha value is -1.06. The molecule has 0 spiro atoms. The smallest absolute Gasteiger partial charge is 0.309 e. The van der Waals surface area contributed by atoms with E-state index in [1.807, 2.05) is 0 Å². The van der Waals surface area contributed by atoms with Crippen molar-refractivity contribution in [3.8, 4) is 0 Å². The number of rotatable bonds is 27. The van der Waals surface area contributed by atoms with Gasteiger partial charge in [-0.15, -0.1) is 0 Å². The largest absolute Gasteiger partial charge is 0.481 e. The molecule has 0 saturated heterocycles. The summed E-state index contributed by atoms with van der Waals surface area (Å²) in [6, 6.07) is 0.